The first-order valence-electron chi connectivity index (χ1n) is 9.00. The summed E-state index contributed by atoms with van der Waals surface area (Å²) in [5.41, 5.74) is 8.22. The fourth-order valence-corrected chi connectivity index (χ4v) is 4.43. The molecule has 0 aliphatic rings. The fourth-order valence-electron chi connectivity index (χ4n) is 2.56. The Kier molecular flexibility index (Phi) is 6.86. The standard InChI is InChI=1S/C21H20N4O3S2/c1-12-8-9-15(10-16(12)24-18(27)14-6-4-3-5-7-14)19(28)25-21-23-13(2)20(30-21)29-11-17(22)26/h3-10H,11H2,1-2H3,(H2,22,26)(H,24,27)(H,23,25,28). The molecule has 9 heteroatoms. The van der Waals surface area contributed by atoms with Crippen LogP contribution in [0.15, 0.2) is 52.7 Å². The van der Waals surface area contributed by atoms with Crippen molar-refractivity contribution in [2.24, 2.45) is 5.73 Å². The summed E-state index contributed by atoms with van der Waals surface area (Å²) in [6.45, 7) is 3.66. The highest BCUT2D eigenvalue weighted by atomic mass is 32.2. The Morgan fingerprint density at radius 2 is 1.70 bits per heavy atom. The number of nitrogens with zero attached hydrogens (tertiary/aromatic N) is 1. The summed E-state index contributed by atoms with van der Waals surface area (Å²) in [7, 11) is 0. The van der Waals surface area contributed by atoms with Gasteiger partial charge in [0.1, 0.15) is 0 Å². The van der Waals surface area contributed by atoms with Crippen molar-refractivity contribution in [3.05, 3.63) is 70.9 Å². The summed E-state index contributed by atoms with van der Waals surface area (Å²) in [4.78, 5) is 40.4. The minimum atomic E-state index is -0.414. The molecule has 2 aromatic carbocycles. The molecule has 0 saturated carbocycles. The van der Waals surface area contributed by atoms with Crippen molar-refractivity contribution >= 4 is 51.6 Å². The summed E-state index contributed by atoms with van der Waals surface area (Å²) in [6.07, 6.45) is 0. The molecule has 3 aromatic rings. The van der Waals surface area contributed by atoms with Crippen molar-refractivity contribution in [3.63, 3.8) is 0 Å². The summed E-state index contributed by atoms with van der Waals surface area (Å²) < 4.78 is 0.823. The predicted octanol–water partition coefficient (Wildman–Crippen LogP) is 3.84. The third-order valence-electron chi connectivity index (χ3n) is 4.10. The number of nitrogens with two attached hydrogens (primary N) is 1. The number of nitrogens with one attached hydrogen (secondary N) is 2. The molecule has 3 amide bonds. The highest BCUT2D eigenvalue weighted by molar-refractivity contribution is 8.01. The van der Waals surface area contributed by atoms with Crippen LogP contribution < -0.4 is 16.4 Å². The second-order valence-corrected chi connectivity index (χ2v) is 8.69. The third kappa shape index (κ3) is 5.46. The van der Waals surface area contributed by atoms with Gasteiger partial charge in [0, 0.05) is 16.8 Å². The number of hydrogen-bond donors (Lipinski definition) is 3. The number of primary amides is 1. The Morgan fingerprint density at radius 3 is 2.40 bits per heavy atom. The summed E-state index contributed by atoms with van der Waals surface area (Å²) in [5, 5.41) is 6.04. The summed E-state index contributed by atoms with van der Waals surface area (Å²) in [6, 6.07) is 14.0. The highest BCUT2D eigenvalue weighted by Crippen LogP contribution is 2.32. The number of thioether (sulfide) groups is 1. The van der Waals surface area contributed by atoms with E-state index in [0.29, 0.717) is 21.9 Å². The van der Waals surface area contributed by atoms with Gasteiger partial charge in [-0.25, -0.2) is 4.98 Å². The van der Waals surface area contributed by atoms with Gasteiger partial charge in [-0.2, -0.15) is 0 Å². The maximum absolute atomic E-state index is 12.7. The predicted molar refractivity (Wildman–Crippen MR) is 120 cm³/mol. The lowest BCUT2D eigenvalue weighted by Crippen LogP contribution is -2.15. The van der Waals surface area contributed by atoms with Crippen LogP contribution in [0.25, 0.3) is 0 Å². The second-order valence-electron chi connectivity index (χ2n) is 6.45. The molecule has 1 aromatic heterocycles. The van der Waals surface area contributed by atoms with Crippen molar-refractivity contribution in [2.45, 2.75) is 18.1 Å². The smallest absolute Gasteiger partial charge is 0.257 e. The van der Waals surface area contributed by atoms with E-state index in [9.17, 15) is 14.4 Å². The number of anilines is 2. The van der Waals surface area contributed by atoms with E-state index in [0.717, 1.165) is 15.5 Å². The Labute approximate surface area is 182 Å². The van der Waals surface area contributed by atoms with Crippen LogP contribution >= 0.6 is 23.1 Å². The first-order valence-corrected chi connectivity index (χ1v) is 10.8. The molecule has 154 valence electrons. The van der Waals surface area contributed by atoms with Gasteiger partial charge < -0.3 is 11.1 Å². The van der Waals surface area contributed by atoms with Crippen LogP contribution in [0.2, 0.25) is 0 Å². The van der Waals surface area contributed by atoms with E-state index in [4.69, 9.17) is 5.73 Å². The van der Waals surface area contributed by atoms with Crippen molar-refractivity contribution in [1.29, 1.82) is 0 Å². The number of benzene rings is 2. The number of thiazole rings is 1. The van der Waals surface area contributed by atoms with Gasteiger partial charge in [-0.15, -0.1) is 11.8 Å². The quantitative estimate of drug-likeness (QED) is 0.483. The lowest BCUT2D eigenvalue weighted by Gasteiger charge is -2.10. The van der Waals surface area contributed by atoms with Crippen LogP contribution in [0.1, 0.15) is 32.0 Å². The van der Waals surface area contributed by atoms with Gasteiger partial charge in [-0.3, -0.25) is 19.7 Å². The van der Waals surface area contributed by atoms with E-state index in [1.54, 1.807) is 49.4 Å². The molecule has 0 aliphatic heterocycles. The van der Waals surface area contributed by atoms with E-state index in [-0.39, 0.29) is 17.6 Å². The van der Waals surface area contributed by atoms with Gasteiger partial charge in [0.15, 0.2) is 5.13 Å². The molecule has 30 heavy (non-hydrogen) atoms. The monoisotopic (exact) mass is 440 g/mol. The minimum Gasteiger partial charge on any atom is -0.369 e. The molecule has 7 nitrogen and oxygen atoms in total. The summed E-state index contributed by atoms with van der Waals surface area (Å²) >= 11 is 2.57. The van der Waals surface area contributed by atoms with Gasteiger partial charge in [0.25, 0.3) is 11.8 Å². The fraction of sp³-hybridized carbons (Fsp3) is 0.143. The number of carbonyl (C=O) groups is 3. The van der Waals surface area contributed by atoms with Gasteiger partial charge in [0.2, 0.25) is 5.91 Å². The molecule has 0 radical (unpaired) electrons. The molecule has 0 bridgehead atoms. The number of aryl methyl sites for hydroxylation is 2. The lowest BCUT2D eigenvalue weighted by atomic mass is 10.1. The molecule has 0 saturated heterocycles. The van der Waals surface area contributed by atoms with Gasteiger partial charge >= 0.3 is 0 Å². The molecule has 0 unspecified atom stereocenters. The van der Waals surface area contributed by atoms with E-state index < -0.39 is 5.91 Å². The Hall–Kier alpha value is -3.17. The molecule has 3 rings (SSSR count). The maximum Gasteiger partial charge on any atom is 0.257 e. The SMILES string of the molecule is Cc1ccc(C(=O)Nc2nc(C)c(SCC(N)=O)s2)cc1NC(=O)c1ccccc1. The molecule has 4 N–H and O–H groups in total. The lowest BCUT2D eigenvalue weighted by molar-refractivity contribution is -0.115. The topological polar surface area (TPSA) is 114 Å². The number of hydrogen-bond acceptors (Lipinski definition) is 6. The van der Waals surface area contributed by atoms with E-state index in [1.807, 2.05) is 13.0 Å². The van der Waals surface area contributed by atoms with E-state index >= 15 is 0 Å². The molecule has 0 fully saturated rings. The van der Waals surface area contributed by atoms with Gasteiger partial charge in [-0.1, -0.05) is 35.6 Å². The number of rotatable bonds is 7. The van der Waals surface area contributed by atoms with Gasteiger partial charge in [0.05, 0.1) is 15.7 Å². The molecule has 0 atom stereocenters. The van der Waals surface area contributed by atoms with Crippen LogP contribution in [0.4, 0.5) is 10.8 Å². The van der Waals surface area contributed by atoms with Crippen LogP contribution in [-0.4, -0.2) is 28.5 Å². The molecule has 0 spiro atoms. The van der Waals surface area contributed by atoms with Crippen molar-refractivity contribution in [1.82, 2.24) is 4.98 Å². The Morgan fingerprint density at radius 1 is 1.00 bits per heavy atom. The number of amides is 3. The first-order chi connectivity index (χ1) is 14.3. The van der Waals surface area contributed by atoms with Crippen LogP contribution in [0.5, 0.6) is 0 Å². The first kappa shape index (κ1) is 21.5. The number of carbonyl (C=O) groups excluding carboxylic acids is 3. The normalized spacial score (nSPS) is 10.5. The Balaban J connectivity index is 1.72. The van der Waals surface area contributed by atoms with E-state index in [1.165, 1.54) is 23.1 Å². The average molecular weight is 441 g/mol. The second kappa shape index (κ2) is 9.55. The zero-order valence-corrected chi connectivity index (χ0v) is 18.0. The summed E-state index contributed by atoms with van der Waals surface area (Å²) in [5.74, 6) is -0.852. The maximum atomic E-state index is 12.7. The molecule has 0 aliphatic carbocycles. The van der Waals surface area contributed by atoms with Crippen molar-refractivity contribution in [2.75, 3.05) is 16.4 Å². The third-order valence-corrected chi connectivity index (χ3v) is 6.56. The number of aromatic nitrogens is 1. The molecular formula is C21H20N4O3S2. The average Bonchev–Trinajstić information content (AvgIpc) is 3.07. The van der Waals surface area contributed by atoms with E-state index in [2.05, 4.69) is 15.6 Å². The van der Waals surface area contributed by atoms with Crippen LogP contribution in [0, 0.1) is 13.8 Å². The largest absolute Gasteiger partial charge is 0.369 e. The minimum absolute atomic E-state index is 0.152. The zero-order chi connectivity index (χ0) is 21.7. The highest BCUT2D eigenvalue weighted by Gasteiger charge is 2.15. The van der Waals surface area contributed by atoms with Crippen molar-refractivity contribution < 1.29 is 14.4 Å². The zero-order valence-electron chi connectivity index (χ0n) is 16.4. The Bertz CT molecular complexity index is 1100. The molecular weight excluding hydrogens is 420 g/mol. The van der Waals surface area contributed by atoms with Crippen LogP contribution in [0.3, 0.4) is 0 Å². The van der Waals surface area contributed by atoms with Crippen LogP contribution in [-0.2, 0) is 4.79 Å². The van der Waals surface area contributed by atoms with Crippen molar-refractivity contribution in [3.8, 4) is 0 Å². The molecule has 1 heterocycles. The van der Waals surface area contributed by atoms with Gasteiger partial charge in [-0.05, 0) is 43.7 Å².